The number of amides is 2. The second-order valence-corrected chi connectivity index (χ2v) is 9.25. The Kier molecular flexibility index (Phi) is 7.90. The smallest absolute Gasteiger partial charge is 0.405 e. The minimum Gasteiger partial charge on any atom is -0.465 e. The van der Waals surface area contributed by atoms with Crippen molar-refractivity contribution in [1.82, 2.24) is 10.6 Å². The van der Waals surface area contributed by atoms with Gasteiger partial charge in [0.2, 0.25) is 5.91 Å². The van der Waals surface area contributed by atoms with Crippen LogP contribution in [0.3, 0.4) is 0 Å². The van der Waals surface area contributed by atoms with Gasteiger partial charge >= 0.3 is 6.09 Å². The molecule has 2 aromatic rings. The zero-order valence-corrected chi connectivity index (χ0v) is 17.2. The fraction of sp³-hybridized carbons (Fsp3) is 0.350. The molecule has 0 radical (unpaired) electrons. The van der Waals surface area contributed by atoms with Crippen LogP contribution in [0.2, 0.25) is 0 Å². The van der Waals surface area contributed by atoms with E-state index in [9.17, 15) is 22.8 Å². The van der Waals surface area contributed by atoms with E-state index in [2.05, 4.69) is 10.6 Å². The van der Waals surface area contributed by atoms with Crippen molar-refractivity contribution in [2.45, 2.75) is 24.9 Å². The number of aliphatic hydroxyl groups excluding tert-OH is 1. The summed E-state index contributed by atoms with van der Waals surface area (Å²) in [5, 5.41) is 24.6. The maximum atomic E-state index is 12.7. The van der Waals surface area contributed by atoms with Crippen molar-refractivity contribution >= 4 is 38.4 Å². The summed E-state index contributed by atoms with van der Waals surface area (Å²) in [5.41, 5.74) is 0.698. The van der Waals surface area contributed by atoms with Gasteiger partial charge in [-0.25, -0.2) is 13.2 Å². The Morgan fingerprint density at radius 3 is 2.27 bits per heavy atom. The highest BCUT2D eigenvalue weighted by Crippen LogP contribution is 2.17. The highest BCUT2D eigenvalue weighted by atomic mass is 32.2. The molecule has 9 nitrogen and oxygen atoms in total. The number of carbonyl (C=O) groups excluding carboxylic acids is 2. The fourth-order valence-electron chi connectivity index (χ4n) is 2.99. The Bertz CT molecular complexity index is 1040. The third-order valence-electron chi connectivity index (χ3n) is 4.51. The minimum atomic E-state index is -3.40. The van der Waals surface area contributed by atoms with Gasteiger partial charge in [0.25, 0.3) is 0 Å². The van der Waals surface area contributed by atoms with Crippen LogP contribution < -0.4 is 10.6 Å². The Hall–Kier alpha value is -2.98. The molecule has 0 heterocycles. The molecule has 0 saturated heterocycles. The second kappa shape index (κ2) is 10.2. The molecule has 0 spiro atoms. The van der Waals surface area contributed by atoms with Crippen LogP contribution in [-0.4, -0.2) is 67.1 Å². The third-order valence-corrected chi connectivity index (χ3v) is 5.48. The largest absolute Gasteiger partial charge is 0.465 e. The quantitative estimate of drug-likeness (QED) is 0.423. The van der Waals surface area contributed by atoms with Gasteiger partial charge in [-0.2, -0.15) is 0 Å². The van der Waals surface area contributed by atoms with E-state index in [4.69, 9.17) is 10.2 Å². The first-order chi connectivity index (χ1) is 14.1. The summed E-state index contributed by atoms with van der Waals surface area (Å²) in [6.45, 7) is -0.879. The number of Topliss-reactive ketones (excluding diaryl/α,β-unsaturated/α-hetero) is 1. The number of fused-ring (bicyclic) bond motifs is 1. The molecule has 162 valence electrons. The summed E-state index contributed by atoms with van der Waals surface area (Å²) in [5.74, 6) is -1.91. The molecule has 0 bridgehead atoms. The van der Waals surface area contributed by atoms with Crippen LogP contribution in [0.1, 0.15) is 12.0 Å². The van der Waals surface area contributed by atoms with Gasteiger partial charge in [0.1, 0.15) is 22.5 Å². The SMILES string of the molecule is CS(=O)(=O)CCC(NC(=O)C(Cc1ccc2ccccc2c1)NC(=O)O)C(=O)CO. The molecule has 4 N–H and O–H groups in total. The first kappa shape index (κ1) is 23.3. The number of carbonyl (C=O) groups is 3. The molecule has 2 rings (SSSR count). The molecule has 2 amide bonds. The van der Waals surface area contributed by atoms with Gasteiger partial charge in [-0.15, -0.1) is 0 Å². The number of hydrogen-bond acceptors (Lipinski definition) is 6. The Balaban J connectivity index is 2.19. The van der Waals surface area contributed by atoms with Gasteiger partial charge in [0, 0.05) is 12.7 Å². The molecule has 0 saturated carbocycles. The number of carboxylic acid groups (broad SMARTS) is 1. The van der Waals surface area contributed by atoms with Gasteiger partial charge in [-0.05, 0) is 22.8 Å². The van der Waals surface area contributed by atoms with Crippen molar-refractivity contribution in [1.29, 1.82) is 0 Å². The van der Waals surface area contributed by atoms with E-state index in [1.165, 1.54) is 0 Å². The van der Waals surface area contributed by atoms with Crippen LogP contribution in [0.4, 0.5) is 4.79 Å². The van der Waals surface area contributed by atoms with Crippen LogP contribution in [0.5, 0.6) is 0 Å². The van der Waals surface area contributed by atoms with Gasteiger partial charge in [0.15, 0.2) is 5.78 Å². The molecule has 0 aliphatic heterocycles. The summed E-state index contributed by atoms with van der Waals surface area (Å²) in [7, 11) is -3.40. The third kappa shape index (κ3) is 7.12. The Morgan fingerprint density at radius 2 is 1.67 bits per heavy atom. The lowest BCUT2D eigenvalue weighted by Crippen LogP contribution is -2.53. The van der Waals surface area contributed by atoms with Crippen LogP contribution in [0.25, 0.3) is 10.8 Å². The minimum absolute atomic E-state index is 0.0229. The monoisotopic (exact) mass is 436 g/mol. The molecular weight excluding hydrogens is 412 g/mol. The summed E-state index contributed by atoms with van der Waals surface area (Å²) in [6, 6.07) is 10.6. The molecule has 10 heteroatoms. The lowest BCUT2D eigenvalue weighted by Gasteiger charge is -2.22. The Morgan fingerprint density at radius 1 is 1.00 bits per heavy atom. The molecule has 0 aliphatic carbocycles. The highest BCUT2D eigenvalue weighted by Gasteiger charge is 2.27. The number of sulfone groups is 1. The normalized spacial score (nSPS) is 13.4. The zero-order chi connectivity index (χ0) is 22.3. The van der Waals surface area contributed by atoms with E-state index < -0.39 is 46.3 Å². The van der Waals surface area contributed by atoms with Crippen LogP contribution >= 0.6 is 0 Å². The molecule has 2 atom stereocenters. The maximum Gasteiger partial charge on any atom is 0.405 e. The second-order valence-electron chi connectivity index (χ2n) is 6.99. The van der Waals surface area contributed by atoms with Crippen molar-refractivity contribution in [3.63, 3.8) is 0 Å². The van der Waals surface area contributed by atoms with Crippen LogP contribution in [-0.2, 0) is 25.8 Å². The standard InChI is InChI=1S/C20H24N2O7S/c1-30(28,29)9-8-16(18(24)12-23)21-19(25)17(22-20(26)27)11-13-6-7-14-4-2-3-5-15(14)10-13/h2-7,10,16-17,22-23H,8-9,11-12H2,1H3,(H,21,25)(H,26,27). The van der Waals surface area contributed by atoms with Crippen molar-refractivity contribution < 1.29 is 33.0 Å². The molecule has 30 heavy (non-hydrogen) atoms. The molecule has 0 fully saturated rings. The predicted molar refractivity (Wildman–Crippen MR) is 111 cm³/mol. The van der Waals surface area contributed by atoms with E-state index in [0.717, 1.165) is 17.0 Å². The van der Waals surface area contributed by atoms with E-state index in [-0.39, 0.29) is 18.6 Å². The number of ketones is 1. The molecule has 2 aromatic carbocycles. The van der Waals surface area contributed by atoms with Crippen molar-refractivity contribution in [2.75, 3.05) is 18.6 Å². The molecule has 0 aliphatic rings. The number of nitrogens with one attached hydrogen (secondary N) is 2. The van der Waals surface area contributed by atoms with Gasteiger partial charge in [0.05, 0.1) is 11.8 Å². The van der Waals surface area contributed by atoms with Crippen molar-refractivity contribution in [2.24, 2.45) is 0 Å². The van der Waals surface area contributed by atoms with E-state index in [1.54, 1.807) is 6.07 Å². The Labute approximate surface area is 174 Å². The molecular formula is C20H24N2O7S. The summed E-state index contributed by atoms with van der Waals surface area (Å²) in [6.07, 6.45) is -0.629. The molecule has 2 unspecified atom stereocenters. The highest BCUT2D eigenvalue weighted by molar-refractivity contribution is 7.90. The number of rotatable bonds is 10. The predicted octanol–water partition coefficient (Wildman–Crippen LogP) is 0.499. The first-order valence-corrected chi connectivity index (χ1v) is 11.2. The average Bonchev–Trinajstić information content (AvgIpc) is 2.68. The number of hydrogen-bond donors (Lipinski definition) is 4. The molecule has 0 aromatic heterocycles. The van der Waals surface area contributed by atoms with E-state index in [0.29, 0.717) is 5.56 Å². The maximum absolute atomic E-state index is 12.7. The van der Waals surface area contributed by atoms with Gasteiger partial charge in [-0.3, -0.25) is 9.59 Å². The number of aliphatic hydroxyl groups is 1. The lowest BCUT2D eigenvalue weighted by atomic mass is 10.0. The van der Waals surface area contributed by atoms with Crippen LogP contribution in [0, 0.1) is 0 Å². The summed E-state index contributed by atoms with van der Waals surface area (Å²) in [4.78, 5) is 35.8. The number of benzene rings is 2. The van der Waals surface area contributed by atoms with E-state index in [1.807, 2.05) is 36.4 Å². The topological polar surface area (TPSA) is 150 Å². The average molecular weight is 436 g/mol. The fourth-order valence-corrected chi connectivity index (χ4v) is 3.65. The zero-order valence-electron chi connectivity index (χ0n) is 16.4. The van der Waals surface area contributed by atoms with Gasteiger partial charge in [-0.1, -0.05) is 42.5 Å². The van der Waals surface area contributed by atoms with Crippen molar-refractivity contribution in [3.05, 3.63) is 48.0 Å². The summed E-state index contributed by atoms with van der Waals surface area (Å²) >= 11 is 0. The van der Waals surface area contributed by atoms with Crippen molar-refractivity contribution in [3.8, 4) is 0 Å². The lowest BCUT2D eigenvalue weighted by molar-refractivity contribution is -0.130. The van der Waals surface area contributed by atoms with Crippen LogP contribution in [0.15, 0.2) is 42.5 Å². The first-order valence-electron chi connectivity index (χ1n) is 9.18. The summed E-state index contributed by atoms with van der Waals surface area (Å²) < 4.78 is 22.8. The van der Waals surface area contributed by atoms with Gasteiger partial charge < -0.3 is 20.8 Å². The van der Waals surface area contributed by atoms with E-state index >= 15 is 0 Å².